The predicted octanol–water partition coefficient (Wildman–Crippen LogP) is 11.7. The van der Waals surface area contributed by atoms with E-state index in [0.717, 1.165) is 45.9 Å². The lowest BCUT2D eigenvalue weighted by Crippen LogP contribution is -2.19. The summed E-state index contributed by atoms with van der Waals surface area (Å²) in [4.78, 5) is 7.44. The molecule has 6 aromatic carbocycles. The zero-order valence-electron chi connectivity index (χ0n) is 26.5. The lowest BCUT2D eigenvalue weighted by Gasteiger charge is -2.31. The van der Waals surface area contributed by atoms with Crippen molar-refractivity contribution in [3.05, 3.63) is 174 Å². The Kier molecular flexibility index (Phi) is 6.29. The second kappa shape index (κ2) is 10.7. The smallest absolute Gasteiger partial charge is 0.202 e. The van der Waals surface area contributed by atoms with Crippen molar-refractivity contribution >= 4 is 33.2 Å². The number of nitrogens with zero attached hydrogens (tertiary/aromatic N) is 2. The van der Waals surface area contributed by atoms with Crippen LogP contribution in [0.15, 0.2) is 162 Å². The zero-order chi connectivity index (χ0) is 31.5. The quantitative estimate of drug-likeness (QED) is 0.195. The molecular weight excluding hydrogens is 572 g/mol. The summed E-state index contributed by atoms with van der Waals surface area (Å²) in [6.45, 7) is 4.67. The lowest BCUT2D eigenvalue weighted by atomic mass is 9.82. The molecule has 7 aromatic rings. The molecule has 0 saturated carbocycles. The molecule has 2 aliphatic rings. The Morgan fingerprint density at radius 1 is 0.702 bits per heavy atom. The minimum Gasteiger partial charge on any atom is -0.440 e. The van der Waals surface area contributed by atoms with Gasteiger partial charge in [-0.05, 0) is 70.0 Å². The molecule has 0 amide bonds. The van der Waals surface area contributed by atoms with Crippen LogP contribution in [0.3, 0.4) is 0 Å². The highest BCUT2D eigenvalue weighted by atomic mass is 16.3. The molecule has 1 atom stereocenters. The highest BCUT2D eigenvalue weighted by Gasteiger charge is 2.35. The number of hydrogen-bond acceptors (Lipinski definition) is 3. The molecular formula is C44H34N2O. The minimum atomic E-state index is -0.0423. The molecule has 0 radical (unpaired) electrons. The van der Waals surface area contributed by atoms with E-state index in [1.165, 1.54) is 38.8 Å². The molecule has 0 spiro atoms. The Morgan fingerprint density at radius 2 is 1.45 bits per heavy atom. The maximum Gasteiger partial charge on any atom is 0.202 e. The molecule has 47 heavy (non-hydrogen) atoms. The van der Waals surface area contributed by atoms with Crippen molar-refractivity contribution < 1.29 is 4.42 Å². The van der Waals surface area contributed by atoms with Gasteiger partial charge in [0.15, 0.2) is 5.58 Å². The van der Waals surface area contributed by atoms with E-state index in [1.807, 2.05) is 6.07 Å². The van der Waals surface area contributed by atoms with Crippen molar-refractivity contribution in [1.82, 2.24) is 4.98 Å². The molecule has 0 aliphatic heterocycles. The molecule has 2 aliphatic carbocycles. The number of oxazole rings is 1. The van der Waals surface area contributed by atoms with Crippen LogP contribution in [0, 0.1) is 0 Å². The largest absolute Gasteiger partial charge is 0.440 e. The van der Waals surface area contributed by atoms with Gasteiger partial charge in [0.2, 0.25) is 5.89 Å². The second-order valence-electron chi connectivity index (χ2n) is 13.1. The van der Waals surface area contributed by atoms with Crippen LogP contribution in [0.5, 0.6) is 0 Å². The van der Waals surface area contributed by atoms with Gasteiger partial charge in [-0.25, -0.2) is 4.98 Å². The fourth-order valence-corrected chi connectivity index (χ4v) is 7.60. The van der Waals surface area contributed by atoms with Crippen molar-refractivity contribution in [2.45, 2.75) is 31.6 Å². The number of anilines is 2. The average Bonchev–Trinajstić information content (AvgIpc) is 3.67. The van der Waals surface area contributed by atoms with Gasteiger partial charge in [0.25, 0.3) is 0 Å². The SMILES string of the molecule is CC1(C)c2ccccc2-c2cc(N(C3=CCC(c4nc5c(ccc6ccccc65)o4)C=C3)c3ccccc3-c3ccccc3)ccc21. The van der Waals surface area contributed by atoms with Gasteiger partial charge in [0, 0.05) is 27.7 Å². The first-order valence-corrected chi connectivity index (χ1v) is 16.4. The number of rotatable bonds is 5. The van der Waals surface area contributed by atoms with Crippen molar-refractivity contribution in [2.24, 2.45) is 0 Å². The highest BCUT2D eigenvalue weighted by Crippen LogP contribution is 2.51. The average molecular weight is 607 g/mol. The van der Waals surface area contributed by atoms with Gasteiger partial charge in [-0.15, -0.1) is 0 Å². The number of benzene rings is 6. The molecule has 226 valence electrons. The summed E-state index contributed by atoms with van der Waals surface area (Å²) in [5.41, 5.74) is 12.9. The highest BCUT2D eigenvalue weighted by molar-refractivity contribution is 6.03. The van der Waals surface area contributed by atoms with Crippen molar-refractivity contribution in [3.8, 4) is 22.3 Å². The Morgan fingerprint density at radius 3 is 2.30 bits per heavy atom. The lowest BCUT2D eigenvalue weighted by molar-refractivity contribution is 0.504. The van der Waals surface area contributed by atoms with Gasteiger partial charge in [0.1, 0.15) is 5.52 Å². The van der Waals surface area contributed by atoms with Gasteiger partial charge in [-0.3, -0.25) is 0 Å². The van der Waals surface area contributed by atoms with E-state index in [9.17, 15) is 0 Å². The van der Waals surface area contributed by atoms with E-state index in [4.69, 9.17) is 9.40 Å². The third-order valence-electron chi connectivity index (χ3n) is 10.0. The normalized spacial score (nSPS) is 16.2. The van der Waals surface area contributed by atoms with E-state index in [1.54, 1.807) is 0 Å². The number of fused-ring (bicyclic) bond motifs is 6. The molecule has 1 heterocycles. The summed E-state index contributed by atoms with van der Waals surface area (Å²) in [5, 5.41) is 2.30. The van der Waals surface area contributed by atoms with Crippen LogP contribution in [0.25, 0.3) is 44.1 Å². The molecule has 1 unspecified atom stereocenters. The van der Waals surface area contributed by atoms with Gasteiger partial charge in [0.05, 0.1) is 11.6 Å². The van der Waals surface area contributed by atoms with Gasteiger partial charge in [-0.1, -0.05) is 135 Å². The first-order valence-electron chi connectivity index (χ1n) is 16.4. The molecule has 3 heteroatoms. The fraction of sp³-hybridized carbons (Fsp3) is 0.114. The molecule has 1 aromatic heterocycles. The van der Waals surface area contributed by atoms with Crippen LogP contribution < -0.4 is 4.90 Å². The number of allylic oxidation sites excluding steroid dienone is 3. The number of hydrogen-bond donors (Lipinski definition) is 0. The third kappa shape index (κ3) is 4.45. The topological polar surface area (TPSA) is 29.3 Å². The van der Waals surface area contributed by atoms with Crippen LogP contribution in [-0.2, 0) is 5.41 Å². The maximum absolute atomic E-state index is 6.36. The van der Waals surface area contributed by atoms with Crippen molar-refractivity contribution in [1.29, 1.82) is 0 Å². The Hall–Kier alpha value is -5.67. The zero-order valence-corrected chi connectivity index (χ0v) is 26.5. The van der Waals surface area contributed by atoms with Gasteiger partial charge in [-0.2, -0.15) is 0 Å². The van der Waals surface area contributed by atoms with E-state index in [-0.39, 0.29) is 11.3 Å². The first-order chi connectivity index (χ1) is 23.1. The Bertz CT molecular complexity index is 2380. The van der Waals surface area contributed by atoms with Crippen LogP contribution in [0.4, 0.5) is 11.4 Å². The standard InChI is InChI=1S/C44H34N2O/c1-44(2)38-18-10-8-17-36(38)37-28-33(25-26-39(37)44)46(40-19-11-9-15-34(40)29-12-4-3-5-13-29)32-23-20-31(21-24-32)43-45-42-35-16-7-6-14-30(35)22-27-41(42)47-43/h3-20,22-28,31H,21H2,1-2H3. The monoisotopic (exact) mass is 606 g/mol. The van der Waals surface area contributed by atoms with Crippen LogP contribution >= 0.6 is 0 Å². The van der Waals surface area contributed by atoms with Crippen LogP contribution in [-0.4, -0.2) is 4.98 Å². The Labute approximate surface area is 275 Å². The van der Waals surface area contributed by atoms with E-state index < -0.39 is 0 Å². The van der Waals surface area contributed by atoms with E-state index >= 15 is 0 Å². The predicted molar refractivity (Wildman–Crippen MR) is 194 cm³/mol. The van der Waals surface area contributed by atoms with Gasteiger partial charge >= 0.3 is 0 Å². The van der Waals surface area contributed by atoms with Crippen LogP contribution in [0.2, 0.25) is 0 Å². The Balaban J connectivity index is 1.15. The molecule has 0 bridgehead atoms. The third-order valence-corrected chi connectivity index (χ3v) is 10.0. The summed E-state index contributed by atoms with van der Waals surface area (Å²) < 4.78 is 6.36. The van der Waals surface area contributed by atoms with E-state index in [0.29, 0.717) is 0 Å². The number of aromatic nitrogens is 1. The minimum absolute atomic E-state index is 0.0423. The summed E-state index contributed by atoms with van der Waals surface area (Å²) in [6, 6.07) is 47.8. The number of para-hydroxylation sites is 1. The molecule has 3 nitrogen and oxygen atoms in total. The van der Waals surface area contributed by atoms with Crippen molar-refractivity contribution in [3.63, 3.8) is 0 Å². The van der Waals surface area contributed by atoms with E-state index in [2.05, 4.69) is 164 Å². The van der Waals surface area contributed by atoms with Crippen LogP contribution in [0.1, 0.15) is 43.2 Å². The second-order valence-corrected chi connectivity index (χ2v) is 13.1. The molecule has 0 fully saturated rings. The molecule has 0 N–H and O–H groups in total. The fourth-order valence-electron chi connectivity index (χ4n) is 7.60. The van der Waals surface area contributed by atoms with Gasteiger partial charge < -0.3 is 9.32 Å². The summed E-state index contributed by atoms with van der Waals surface area (Å²) in [5.74, 6) is 0.819. The first kappa shape index (κ1) is 27.6. The van der Waals surface area contributed by atoms with Crippen molar-refractivity contribution in [2.75, 3.05) is 4.90 Å². The molecule has 9 rings (SSSR count). The maximum atomic E-state index is 6.36. The summed E-state index contributed by atoms with van der Waals surface area (Å²) >= 11 is 0. The molecule has 0 saturated heterocycles. The summed E-state index contributed by atoms with van der Waals surface area (Å²) in [7, 11) is 0. The summed E-state index contributed by atoms with van der Waals surface area (Å²) in [6.07, 6.45) is 7.63.